The van der Waals surface area contributed by atoms with Crippen LogP contribution in [-0.2, 0) is 17.8 Å². The number of furan rings is 1. The Hall–Kier alpha value is -3.60. The summed E-state index contributed by atoms with van der Waals surface area (Å²) in [6.07, 6.45) is 4.35. The van der Waals surface area contributed by atoms with Crippen LogP contribution in [0.4, 0.5) is 0 Å². The van der Waals surface area contributed by atoms with E-state index in [2.05, 4.69) is 22.4 Å². The Kier molecular flexibility index (Phi) is 5.56. The van der Waals surface area contributed by atoms with Gasteiger partial charge in [0.25, 0.3) is 0 Å². The van der Waals surface area contributed by atoms with Gasteiger partial charge in [0.1, 0.15) is 11.4 Å². The molecule has 0 saturated heterocycles. The van der Waals surface area contributed by atoms with Gasteiger partial charge in [0.15, 0.2) is 5.76 Å². The molecule has 1 N–H and O–H groups in total. The van der Waals surface area contributed by atoms with E-state index in [-0.39, 0.29) is 5.91 Å². The van der Waals surface area contributed by atoms with Gasteiger partial charge in [-0.05, 0) is 53.1 Å². The van der Waals surface area contributed by atoms with Crippen molar-refractivity contribution in [1.82, 2.24) is 10.3 Å². The number of aromatic nitrogens is 1. The number of hydrogen-bond donors (Lipinski definition) is 1. The van der Waals surface area contributed by atoms with Crippen molar-refractivity contribution in [1.29, 1.82) is 0 Å². The number of nitrogens with one attached hydrogen (secondary N) is 1. The standard InChI is InChI=1S/C24H22N2O3/c1-28-22-10-8-18-5-2-3-6-19(18)20(22)9-11-24(27)26-16-17-12-13-25-21(15-17)23-7-4-14-29-23/h2-8,10,12-15H,9,11,16H2,1H3,(H,26,27). The summed E-state index contributed by atoms with van der Waals surface area (Å²) in [7, 11) is 1.66. The van der Waals surface area contributed by atoms with Crippen LogP contribution < -0.4 is 10.1 Å². The molecule has 1 amide bonds. The molecule has 29 heavy (non-hydrogen) atoms. The SMILES string of the molecule is COc1ccc2ccccc2c1CCC(=O)NCc1ccnc(-c2ccco2)c1. The summed E-state index contributed by atoms with van der Waals surface area (Å²) in [6.45, 7) is 0.446. The largest absolute Gasteiger partial charge is 0.496 e. The highest BCUT2D eigenvalue weighted by atomic mass is 16.5. The smallest absolute Gasteiger partial charge is 0.220 e. The number of aryl methyl sites for hydroxylation is 1. The number of benzene rings is 2. The molecule has 4 aromatic rings. The fraction of sp³-hybridized carbons (Fsp3) is 0.167. The molecule has 5 nitrogen and oxygen atoms in total. The molecule has 0 aliphatic carbocycles. The zero-order valence-corrected chi connectivity index (χ0v) is 16.2. The monoisotopic (exact) mass is 386 g/mol. The predicted molar refractivity (Wildman–Crippen MR) is 113 cm³/mol. The normalized spacial score (nSPS) is 10.8. The number of fused-ring (bicyclic) bond motifs is 1. The molecule has 0 spiro atoms. The van der Waals surface area contributed by atoms with Gasteiger partial charge in [-0.3, -0.25) is 9.78 Å². The van der Waals surface area contributed by atoms with Crippen LogP contribution in [0.2, 0.25) is 0 Å². The molecule has 2 heterocycles. The van der Waals surface area contributed by atoms with Crippen molar-refractivity contribution < 1.29 is 13.9 Å². The second kappa shape index (κ2) is 8.61. The van der Waals surface area contributed by atoms with Gasteiger partial charge in [-0.25, -0.2) is 0 Å². The Morgan fingerprint density at radius 2 is 2.00 bits per heavy atom. The number of rotatable bonds is 7. The highest BCUT2D eigenvalue weighted by Crippen LogP contribution is 2.29. The van der Waals surface area contributed by atoms with Crippen molar-refractivity contribution >= 4 is 16.7 Å². The average Bonchev–Trinajstić information content (AvgIpc) is 3.31. The molecule has 0 fully saturated rings. The number of carbonyl (C=O) groups is 1. The lowest BCUT2D eigenvalue weighted by atomic mass is 9.99. The van der Waals surface area contributed by atoms with Crippen LogP contribution in [0.1, 0.15) is 17.5 Å². The second-order valence-electron chi connectivity index (χ2n) is 6.77. The maximum atomic E-state index is 12.5. The predicted octanol–water partition coefficient (Wildman–Crippen LogP) is 4.75. The van der Waals surface area contributed by atoms with Crippen molar-refractivity contribution in [2.24, 2.45) is 0 Å². The quantitative estimate of drug-likeness (QED) is 0.498. The van der Waals surface area contributed by atoms with Crippen LogP contribution in [-0.4, -0.2) is 18.0 Å². The molecule has 0 bridgehead atoms. The van der Waals surface area contributed by atoms with Crippen molar-refractivity contribution in [3.63, 3.8) is 0 Å². The molecule has 0 atom stereocenters. The lowest BCUT2D eigenvalue weighted by molar-refractivity contribution is -0.121. The minimum absolute atomic E-state index is 0.00338. The average molecular weight is 386 g/mol. The number of nitrogens with zero attached hydrogens (tertiary/aromatic N) is 1. The molecular formula is C24H22N2O3. The van der Waals surface area contributed by atoms with Crippen LogP contribution in [0.25, 0.3) is 22.2 Å². The first-order chi connectivity index (χ1) is 14.2. The topological polar surface area (TPSA) is 64.4 Å². The second-order valence-corrected chi connectivity index (χ2v) is 6.77. The Labute approximate surface area is 169 Å². The summed E-state index contributed by atoms with van der Waals surface area (Å²) in [5, 5.41) is 5.26. The van der Waals surface area contributed by atoms with Gasteiger partial charge in [-0.15, -0.1) is 0 Å². The van der Waals surface area contributed by atoms with Crippen LogP contribution in [0.3, 0.4) is 0 Å². The molecule has 146 valence electrons. The zero-order chi connectivity index (χ0) is 20.1. The molecule has 5 heteroatoms. The summed E-state index contributed by atoms with van der Waals surface area (Å²) in [5.74, 6) is 1.52. The van der Waals surface area contributed by atoms with Crippen LogP contribution in [0, 0.1) is 0 Å². The third kappa shape index (κ3) is 4.29. The lowest BCUT2D eigenvalue weighted by Gasteiger charge is -2.12. The number of methoxy groups -OCH3 is 1. The van der Waals surface area contributed by atoms with Gasteiger partial charge >= 0.3 is 0 Å². The zero-order valence-electron chi connectivity index (χ0n) is 16.2. The van der Waals surface area contributed by atoms with E-state index < -0.39 is 0 Å². The van der Waals surface area contributed by atoms with E-state index in [4.69, 9.17) is 9.15 Å². The number of hydrogen-bond acceptors (Lipinski definition) is 4. The molecule has 0 saturated carbocycles. The van der Waals surface area contributed by atoms with Crippen molar-refractivity contribution in [2.75, 3.05) is 7.11 Å². The molecule has 2 aromatic heterocycles. The fourth-order valence-corrected chi connectivity index (χ4v) is 3.44. The molecule has 0 unspecified atom stereocenters. The fourth-order valence-electron chi connectivity index (χ4n) is 3.44. The molecular weight excluding hydrogens is 364 g/mol. The van der Waals surface area contributed by atoms with E-state index in [0.717, 1.165) is 33.3 Å². The van der Waals surface area contributed by atoms with Gasteiger partial charge < -0.3 is 14.5 Å². The number of pyridine rings is 1. The van der Waals surface area contributed by atoms with E-state index in [1.807, 2.05) is 48.5 Å². The number of amides is 1. The van der Waals surface area contributed by atoms with Crippen molar-refractivity contribution in [2.45, 2.75) is 19.4 Å². The maximum Gasteiger partial charge on any atom is 0.220 e. The number of carbonyl (C=O) groups excluding carboxylic acids is 1. The third-order valence-electron chi connectivity index (χ3n) is 4.91. The van der Waals surface area contributed by atoms with Gasteiger partial charge in [0.05, 0.1) is 13.4 Å². The van der Waals surface area contributed by atoms with Crippen molar-refractivity contribution in [3.8, 4) is 17.2 Å². The minimum Gasteiger partial charge on any atom is -0.496 e. The highest BCUT2D eigenvalue weighted by Gasteiger charge is 2.11. The first kappa shape index (κ1) is 18.7. The Balaban J connectivity index is 1.40. The summed E-state index contributed by atoms with van der Waals surface area (Å²) in [4.78, 5) is 16.8. The van der Waals surface area contributed by atoms with Gasteiger partial charge in [-0.1, -0.05) is 30.3 Å². The molecule has 0 radical (unpaired) electrons. The minimum atomic E-state index is -0.00338. The molecule has 4 rings (SSSR count). The van der Waals surface area contributed by atoms with Gasteiger partial charge in [0, 0.05) is 24.7 Å². The summed E-state index contributed by atoms with van der Waals surface area (Å²) in [5.41, 5.74) is 2.79. The third-order valence-corrected chi connectivity index (χ3v) is 4.91. The van der Waals surface area contributed by atoms with E-state index in [1.165, 1.54) is 0 Å². The lowest BCUT2D eigenvalue weighted by Crippen LogP contribution is -2.23. The van der Waals surface area contributed by atoms with Gasteiger partial charge in [0.2, 0.25) is 5.91 Å². The van der Waals surface area contributed by atoms with Crippen LogP contribution in [0.5, 0.6) is 5.75 Å². The van der Waals surface area contributed by atoms with E-state index in [9.17, 15) is 4.79 Å². The summed E-state index contributed by atoms with van der Waals surface area (Å²) in [6, 6.07) is 19.7. The van der Waals surface area contributed by atoms with Crippen LogP contribution in [0.15, 0.2) is 77.5 Å². The highest BCUT2D eigenvalue weighted by molar-refractivity contribution is 5.88. The maximum absolute atomic E-state index is 12.5. The Bertz CT molecular complexity index is 1120. The molecule has 2 aromatic carbocycles. The number of ether oxygens (including phenoxy) is 1. The summed E-state index contributed by atoms with van der Waals surface area (Å²) < 4.78 is 10.9. The van der Waals surface area contributed by atoms with Crippen LogP contribution >= 0.6 is 0 Å². The first-order valence-electron chi connectivity index (χ1n) is 9.55. The Morgan fingerprint density at radius 1 is 1.10 bits per heavy atom. The Morgan fingerprint density at radius 3 is 2.83 bits per heavy atom. The summed E-state index contributed by atoms with van der Waals surface area (Å²) >= 11 is 0. The van der Waals surface area contributed by atoms with Crippen molar-refractivity contribution in [3.05, 3.63) is 84.3 Å². The molecule has 0 aliphatic heterocycles. The van der Waals surface area contributed by atoms with E-state index in [1.54, 1.807) is 19.6 Å². The van der Waals surface area contributed by atoms with E-state index >= 15 is 0 Å². The van der Waals surface area contributed by atoms with Gasteiger partial charge in [-0.2, -0.15) is 0 Å². The van der Waals surface area contributed by atoms with E-state index in [0.29, 0.717) is 25.1 Å². The molecule has 0 aliphatic rings. The first-order valence-corrected chi connectivity index (χ1v) is 9.55.